The van der Waals surface area contributed by atoms with Gasteiger partial charge < -0.3 is 14.6 Å². The molecule has 0 aliphatic heterocycles. The summed E-state index contributed by atoms with van der Waals surface area (Å²) < 4.78 is 8.72. The van der Waals surface area contributed by atoms with Gasteiger partial charge in [0.25, 0.3) is 5.91 Å². The Hall–Kier alpha value is -4.08. The van der Waals surface area contributed by atoms with Gasteiger partial charge in [-0.15, -0.1) is 15.3 Å². The first-order chi connectivity index (χ1) is 14.6. The Morgan fingerprint density at radius 3 is 2.80 bits per heavy atom. The van der Waals surface area contributed by atoms with Crippen molar-refractivity contribution in [1.82, 2.24) is 34.5 Å². The van der Waals surface area contributed by atoms with Crippen LogP contribution in [0.2, 0.25) is 0 Å². The summed E-state index contributed by atoms with van der Waals surface area (Å²) in [6.07, 6.45) is 6.55. The van der Waals surface area contributed by atoms with E-state index in [2.05, 4.69) is 30.6 Å². The van der Waals surface area contributed by atoms with Crippen molar-refractivity contribution in [3.05, 3.63) is 60.8 Å². The van der Waals surface area contributed by atoms with E-state index in [0.717, 1.165) is 0 Å². The number of hydrogen-bond donors (Lipinski definition) is 1. The van der Waals surface area contributed by atoms with E-state index < -0.39 is 5.91 Å². The third kappa shape index (κ3) is 3.75. The average molecular weight is 404 g/mol. The maximum absolute atomic E-state index is 12.9. The minimum atomic E-state index is -0.392. The summed E-state index contributed by atoms with van der Waals surface area (Å²) in [5, 5.41) is 15.2. The fourth-order valence-corrected chi connectivity index (χ4v) is 2.90. The lowest BCUT2D eigenvalue weighted by atomic mass is 10.3. The lowest BCUT2D eigenvalue weighted by molar-refractivity contribution is 0.102. The first-order valence-electron chi connectivity index (χ1n) is 9.29. The quantitative estimate of drug-likeness (QED) is 0.526. The van der Waals surface area contributed by atoms with Gasteiger partial charge in [-0.2, -0.15) is 0 Å². The minimum Gasteiger partial charge on any atom is -0.479 e. The van der Waals surface area contributed by atoms with E-state index in [-0.39, 0.29) is 17.5 Å². The van der Waals surface area contributed by atoms with Crippen molar-refractivity contribution in [1.29, 1.82) is 0 Å². The number of rotatable bonds is 6. The van der Waals surface area contributed by atoms with Crippen LogP contribution in [0.5, 0.6) is 5.88 Å². The number of ether oxygens (including phenoxy) is 1. The summed E-state index contributed by atoms with van der Waals surface area (Å²) in [5.41, 5.74) is 1.60. The fraction of sp³-hybridized carbons (Fsp3) is 0.200. The number of hydrogen-bond acceptors (Lipinski definition) is 7. The van der Waals surface area contributed by atoms with E-state index in [4.69, 9.17) is 4.74 Å². The molecule has 4 aromatic heterocycles. The van der Waals surface area contributed by atoms with Crippen LogP contribution in [0.1, 0.15) is 30.2 Å². The molecule has 0 bridgehead atoms. The van der Waals surface area contributed by atoms with Crippen LogP contribution < -0.4 is 10.1 Å². The van der Waals surface area contributed by atoms with Gasteiger partial charge in [-0.25, -0.2) is 9.67 Å². The van der Waals surface area contributed by atoms with Crippen LogP contribution in [0.4, 0.5) is 5.82 Å². The minimum absolute atomic E-state index is 0.178. The lowest BCUT2D eigenvalue weighted by Gasteiger charge is -2.10. The molecule has 4 aromatic rings. The van der Waals surface area contributed by atoms with Gasteiger partial charge in [0.1, 0.15) is 23.4 Å². The zero-order valence-electron chi connectivity index (χ0n) is 16.7. The predicted octanol–water partition coefficient (Wildman–Crippen LogP) is 2.76. The molecule has 0 aliphatic rings. The maximum atomic E-state index is 12.9. The van der Waals surface area contributed by atoms with Gasteiger partial charge in [0.05, 0.1) is 19.0 Å². The Kier molecular flexibility index (Phi) is 5.21. The number of methoxy groups -OCH3 is 1. The summed E-state index contributed by atoms with van der Waals surface area (Å²) in [4.78, 5) is 21.5. The van der Waals surface area contributed by atoms with E-state index in [0.29, 0.717) is 23.0 Å². The molecule has 4 heterocycles. The van der Waals surface area contributed by atoms with Gasteiger partial charge in [0.15, 0.2) is 5.82 Å². The summed E-state index contributed by atoms with van der Waals surface area (Å²) in [5.74, 6) is 0.819. The van der Waals surface area contributed by atoms with Crippen LogP contribution in [-0.2, 0) is 0 Å². The maximum Gasteiger partial charge on any atom is 0.263 e. The van der Waals surface area contributed by atoms with Gasteiger partial charge in [0, 0.05) is 18.4 Å². The van der Waals surface area contributed by atoms with E-state index in [1.807, 2.05) is 30.5 Å². The van der Waals surface area contributed by atoms with Gasteiger partial charge in [-0.3, -0.25) is 9.78 Å². The summed E-state index contributed by atoms with van der Waals surface area (Å²) >= 11 is 0. The summed E-state index contributed by atoms with van der Waals surface area (Å²) in [6, 6.07) is 9.12. The molecule has 0 atom stereocenters. The highest BCUT2D eigenvalue weighted by Gasteiger charge is 2.19. The molecule has 152 valence electrons. The number of anilines is 1. The summed E-state index contributed by atoms with van der Waals surface area (Å²) in [7, 11) is 1.46. The van der Waals surface area contributed by atoms with Crippen LogP contribution in [0.3, 0.4) is 0 Å². The molecule has 0 saturated heterocycles. The van der Waals surface area contributed by atoms with Gasteiger partial charge in [-0.05, 0) is 38.1 Å². The van der Waals surface area contributed by atoms with E-state index in [1.54, 1.807) is 43.1 Å². The Labute approximate surface area is 172 Å². The number of aromatic nitrogens is 7. The molecular formula is C20H20N8O2. The molecule has 0 aliphatic carbocycles. The SMILES string of the molecule is COc1nn(-c2cccnc2)cc1C(=O)Nc1cccc(-c2nncn2C(C)C)n1. The number of amides is 1. The Bertz CT molecular complexity index is 1170. The molecule has 0 aromatic carbocycles. The van der Waals surface area contributed by atoms with Crippen molar-refractivity contribution < 1.29 is 9.53 Å². The highest BCUT2D eigenvalue weighted by Crippen LogP contribution is 2.22. The fourth-order valence-electron chi connectivity index (χ4n) is 2.90. The van der Waals surface area contributed by atoms with Crippen LogP contribution in [0.15, 0.2) is 55.2 Å². The molecular weight excluding hydrogens is 384 g/mol. The third-order valence-electron chi connectivity index (χ3n) is 4.38. The van der Waals surface area contributed by atoms with E-state index in [9.17, 15) is 4.79 Å². The Morgan fingerprint density at radius 2 is 2.07 bits per heavy atom. The zero-order valence-corrected chi connectivity index (χ0v) is 16.7. The van der Waals surface area contributed by atoms with Gasteiger partial charge in [-0.1, -0.05) is 6.07 Å². The number of carbonyl (C=O) groups excluding carboxylic acids is 1. The van der Waals surface area contributed by atoms with Crippen molar-refractivity contribution in [3.63, 3.8) is 0 Å². The number of nitrogens with one attached hydrogen (secondary N) is 1. The van der Waals surface area contributed by atoms with Gasteiger partial charge >= 0.3 is 0 Å². The van der Waals surface area contributed by atoms with Crippen molar-refractivity contribution in [3.8, 4) is 23.1 Å². The third-order valence-corrected chi connectivity index (χ3v) is 4.38. The average Bonchev–Trinajstić information content (AvgIpc) is 3.42. The zero-order chi connectivity index (χ0) is 21.1. The van der Waals surface area contributed by atoms with Crippen molar-refractivity contribution in [2.45, 2.75) is 19.9 Å². The smallest absolute Gasteiger partial charge is 0.263 e. The number of nitrogens with zero attached hydrogens (tertiary/aromatic N) is 7. The first kappa shape index (κ1) is 19.2. The van der Waals surface area contributed by atoms with Crippen molar-refractivity contribution in [2.75, 3.05) is 12.4 Å². The Balaban J connectivity index is 1.60. The molecule has 0 fully saturated rings. The van der Waals surface area contributed by atoms with Crippen LogP contribution in [-0.4, -0.2) is 47.5 Å². The van der Waals surface area contributed by atoms with E-state index >= 15 is 0 Å². The second-order valence-corrected chi connectivity index (χ2v) is 6.73. The van der Waals surface area contributed by atoms with Crippen LogP contribution >= 0.6 is 0 Å². The molecule has 0 unspecified atom stereocenters. The highest BCUT2D eigenvalue weighted by atomic mass is 16.5. The number of carbonyl (C=O) groups is 1. The van der Waals surface area contributed by atoms with Gasteiger partial charge in [0.2, 0.25) is 5.88 Å². The normalized spacial score (nSPS) is 10.9. The number of pyridine rings is 2. The molecule has 1 amide bonds. The monoisotopic (exact) mass is 404 g/mol. The molecule has 30 heavy (non-hydrogen) atoms. The predicted molar refractivity (Wildman–Crippen MR) is 110 cm³/mol. The molecule has 0 saturated carbocycles. The lowest BCUT2D eigenvalue weighted by Crippen LogP contribution is -2.13. The largest absolute Gasteiger partial charge is 0.479 e. The molecule has 4 rings (SSSR count). The summed E-state index contributed by atoms with van der Waals surface area (Å²) in [6.45, 7) is 4.06. The molecule has 10 heteroatoms. The molecule has 0 radical (unpaired) electrons. The second kappa shape index (κ2) is 8.11. The molecule has 1 N–H and O–H groups in total. The second-order valence-electron chi connectivity index (χ2n) is 6.73. The van der Waals surface area contributed by atoms with Crippen LogP contribution in [0, 0.1) is 0 Å². The molecule has 0 spiro atoms. The van der Waals surface area contributed by atoms with E-state index in [1.165, 1.54) is 11.8 Å². The van der Waals surface area contributed by atoms with Crippen molar-refractivity contribution in [2.24, 2.45) is 0 Å². The highest BCUT2D eigenvalue weighted by molar-refractivity contribution is 6.05. The molecule has 10 nitrogen and oxygen atoms in total. The van der Waals surface area contributed by atoms with Crippen LogP contribution in [0.25, 0.3) is 17.2 Å². The first-order valence-corrected chi connectivity index (χ1v) is 9.29. The van der Waals surface area contributed by atoms with Crippen molar-refractivity contribution >= 4 is 11.7 Å². The Morgan fingerprint density at radius 1 is 1.20 bits per heavy atom. The standard InChI is InChI=1S/C20H20N8O2/c1-13(2)27-12-22-25-18(27)16-7-4-8-17(23-16)24-19(29)15-11-28(26-20(15)30-3)14-6-5-9-21-10-14/h4-13H,1-3H3,(H,23,24,29). The topological polar surface area (TPSA) is 113 Å².